The summed E-state index contributed by atoms with van der Waals surface area (Å²) in [6, 6.07) is 36.8. The van der Waals surface area contributed by atoms with E-state index in [9.17, 15) is 0 Å². The van der Waals surface area contributed by atoms with Crippen molar-refractivity contribution >= 4 is 28.0 Å². The Morgan fingerprint density at radius 2 is 1.25 bits per heavy atom. The van der Waals surface area contributed by atoms with Crippen LogP contribution in [-0.4, -0.2) is 4.98 Å². The number of benzene rings is 4. The highest BCUT2D eigenvalue weighted by atomic mass is 15.1. The molecular weight excluding hydrogens is 388 g/mol. The topological polar surface area (TPSA) is 16.1 Å². The lowest BCUT2D eigenvalue weighted by Gasteiger charge is -2.28. The van der Waals surface area contributed by atoms with Crippen molar-refractivity contribution in [3.63, 3.8) is 0 Å². The van der Waals surface area contributed by atoms with E-state index in [4.69, 9.17) is 0 Å². The van der Waals surface area contributed by atoms with E-state index >= 15 is 0 Å². The molecule has 0 radical (unpaired) electrons. The quantitative estimate of drug-likeness (QED) is 0.298. The molecule has 1 aliphatic carbocycles. The van der Waals surface area contributed by atoms with E-state index in [0.717, 1.165) is 16.9 Å². The van der Waals surface area contributed by atoms with Gasteiger partial charge in [-0.1, -0.05) is 62.4 Å². The summed E-state index contributed by atoms with van der Waals surface area (Å²) in [6.07, 6.45) is 1.87. The first-order valence-corrected chi connectivity index (χ1v) is 11.1. The summed E-state index contributed by atoms with van der Waals surface area (Å²) >= 11 is 0. The molecule has 0 unspecified atom stereocenters. The van der Waals surface area contributed by atoms with Gasteiger partial charge in [0.25, 0.3) is 0 Å². The van der Waals surface area contributed by atoms with Crippen LogP contribution in [0, 0.1) is 0 Å². The molecule has 0 saturated carbocycles. The number of aromatic nitrogens is 1. The average Bonchev–Trinajstić information content (AvgIpc) is 3.05. The lowest BCUT2D eigenvalue weighted by Crippen LogP contribution is -2.16. The second-order valence-corrected chi connectivity index (χ2v) is 8.96. The van der Waals surface area contributed by atoms with E-state index in [1.165, 1.54) is 33.3 Å². The smallest absolute Gasteiger partial charge is 0.0705 e. The maximum Gasteiger partial charge on any atom is 0.0705 e. The molecule has 2 nitrogen and oxygen atoms in total. The predicted molar refractivity (Wildman–Crippen MR) is 134 cm³/mol. The Morgan fingerprint density at radius 3 is 1.94 bits per heavy atom. The Labute approximate surface area is 188 Å². The third-order valence-corrected chi connectivity index (χ3v) is 6.67. The third kappa shape index (κ3) is 2.84. The minimum absolute atomic E-state index is 0.0918. The van der Waals surface area contributed by atoms with Gasteiger partial charge >= 0.3 is 0 Å². The Bertz CT molecular complexity index is 1400. The molecule has 0 spiro atoms. The van der Waals surface area contributed by atoms with Crippen LogP contribution in [0.1, 0.15) is 25.0 Å². The van der Waals surface area contributed by atoms with Crippen LogP contribution in [0.2, 0.25) is 0 Å². The SMILES string of the molecule is CC1(C)c2cc(N(c3ccccc3)c3ccccc3)ccc2-c2cc3cccnc3cc21. The van der Waals surface area contributed by atoms with E-state index in [1.807, 2.05) is 12.3 Å². The predicted octanol–water partition coefficient (Wildman–Crippen LogP) is 8.01. The molecule has 6 rings (SSSR count). The molecule has 32 heavy (non-hydrogen) atoms. The van der Waals surface area contributed by atoms with Crippen molar-refractivity contribution < 1.29 is 0 Å². The second kappa shape index (κ2) is 7.06. The summed E-state index contributed by atoms with van der Waals surface area (Å²) in [5.41, 5.74) is 9.80. The number of hydrogen-bond acceptors (Lipinski definition) is 2. The van der Waals surface area contributed by atoms with E-state index < -0.39 is 0 Å². The molecule has 0 atom stereocenters. The van der Waals surface area contributed by atoms with Crippen LogP contribution >= 0.6 is 0 Å². The molecule has 1 heterocycles. The molecule has 5 aromatic rings. The van der Waals surface area contributed by atoms with Gasteiger partial charge in [0.2, 0.25) is 0 Å². The molecule has 0 aliphatic heterocycles. The fraction of sp³-hybridized carbons (Fsp3) is 0.100. The van der Waals surface area contributed by atoms with Gasteiger partial charge in [-0.3, -0.25) is 4.98 Å². The van der Waals surface area contributed by atoms with Crippen LogP contribution in [0.25, 0.3) is 22.0 Å². The van der Waals surface area contributed by atoms with Gasteiger partial charge in [0.15, 0.2) is 0 Å². The van der Waals surface area contributed by atoms with Gasteiger partial charge in [-0.25, -0.2) is 0 Å². The molecule has 0 bridgehead atoms. The summed E-state index contributed by atoms with van der Waals surface area (Å²) < 4.78 is 0. The summed E-state index contributed by atoms with van der Waals surface area (Å²) in [7, 11) is 0. The van der Waals surface area contributed by atoms with E-state index in [1.54, 1.807) is 0 Å². The van der Waals surface area contributed by atoms with Crippen molar-refractivity contribution in [1.29, 1.82) is 0 Å². The fourth-order valence-electron chi connectivity index (χ4n) is 5.03. The molecule has 0 saturated heterocycles. The highest BCUT2D eigenvalue weighted by Gasteiger charge is 2.36. The second-order valence-electron chi connectivity index (χ2n) is 8.96. The normalized spacial score (nSPS) is 13.6. The maximum atomic E-state index is 4.60. The van der Waals surface area contributed by atoms with Crippen molar-refractivity contribution in [2.24, 2.45) is 0 Å². The summed E-state index contributed by atoms with van der Waals surface area (Å²) in [4.78, 5) is 6.93. The van der Waals surface area contributed by atoms with Crippen LogP contribution in [0.4, 0.5) is 17.1 Å². The number of nitrogens with zero attached hydrogens (tertiary/aromatic N) is 2. The highest BCUT2D eigenvalue weighted by Crippen LogP contribution is 2.51. The van der Waals surface area contributed by atoms with Gasteiger partial charge in [-0.2, -0.15) is 0 Å². The maximum absolute atomic E-state index is 4.60. The molecule has 2 heteroatoms. The van der Waals surface area contributed by atoms with Gasteiger partial charge < -0.3 is 4.90 Å². The average molecular weight is 413 g/mol. The first-order chi connectivity index (χ1) is 15.6. The number of pyridine rings is 1. The summed E-state index contributed by atoms with van der Waals surface area (Å²) in [6.45, 7) is 4.65. The first kappa shape index (κ1) is 18.8. The largest absolute Gasteiger partial charge is 0.310 e. The molecular formula is C30H24N2. The van der Waals surface area contributed by atoms with Crippen molar-refractivity contribution in [3.8, 4) is 11.1 Å². The Balaban J connectivity index is 1.55. The number of hydrogen-bond donors (Lipinski definition) is 0. The minimum Gasteiger partial charge on any atom is -0.310 e. The standard InChI is InChI=1S/C30H24N2/c1-30(2)27-19-24(32(22-11-5-3-6-12-22)23-13-7-4-8-14-23)15-16-25(27)26-18-21-10-9-17-31-29(21)20-28(26)30/h3-20H,1-2H3. The zero-order valence-corrected chi connectivity index (χ0v) is 18.3. The van der Waals surface area contributed by atoms with Gasteiger partial charge in [0.1, 0.15) is 0 Å². The van der Waals surface area contributed by atoms with Crippen LogP contribution < -0.4 is 4.90 Å². The van der Waals surface area contributed by atoms with Crippen molar-refractivity contribution in [2.45, 2.75) is 19.3 Å². The summed E-state index contributed by atoms with van der Waals surface area (Å²) in [5, 5.41) is 1.19. The monoisotopic (exact) mass is 412 g/mol. The van der Waals surface area contributed by atoms with E-state index in [0.29, 0.717) is 0 Å². The van der Waals surface area contributed by atoms with Crippen LogP contribution in [-0.2, 0) is 5.41 Å². The van der Waals surface area contributed by atoms with Crippen molar-refractivity contribution in [1.82, 2.24) is 4.98 Å². The van der Waals surface area contributed by atoms with Gasteiger partial charge in [0, 0.05) is 34.1 Å². The zero-order chi connectivity index (χ0) is 21.7. The number of anilines is 3. The van der Waals surface area contributed by atoms with E-state index in [2.05, 4.69) is 121 Å². The Morgan fingerprint density at radius 1 is 0.594 bits per heavy atom. The molecule has 154 valence electrons. The van der Waals surface area contributed by atoms with E-state index in [-0.39, 0.29) is 5.41 Å². The summed E-state index contributed by atoms with van der Waals surface area (Å²) in [5.74, 6) is 0. The molecule has 4 aromatic carbocycles. The van der Waals surface area contributed by atoms with Crippen molar-refractivity contribution in [2.75, 3.05) is 4.90 Å². The zero-order valence-electron chi connectivity index (χ0n) is 18.3. The van der Waals surface area contributed by atoms with Crippen LogP contribution in [0.3, 0.4) is 0 Å². The molecule has 0 fully saturated rings. The van der Waals surface area contributed by atoms with Gasteiger partial charge in [-0.15, -0.1) is 0 Å². The Hall–Kier alpha value is -3.91. The first-order valence-electron chi connectivity index (χ1n) is 11.1. The fourth-order valence-corrected chi connectivity index (χ4v) is 5.03. The van der Waals surface area contributed by atoms with Crippen molar-refractivity contribution in [3.05, 3.63) is 120 Å². The Kier molecular flexibility index (Phi) is 4.16. The molecule has 0 N–H and O–H groups in total. The highest BCUT2D eigenvalue weighted by molar-refractivity contribution is 5.92. The molecule has 0 amide bonds. The number of fused-ring (bicyclic) bond motifs is 4. The minimum atomic E-state index is -0.0918. The van der Waals surface area contributed by atoms with Crippen LogP contribution in [0.15, 0.2) is 109 Å². The van der Waals surface area contributed by atoms with Gasteiger partial charge in [-0.05, 0) is 76.9 Å². The molecule has 1 aliphatic rings. The number of rotatable bonds is 3. The number of para-hydroxylation sites is 2. The lowest BCUT2D eigenvalue weighted by molar-refractivity contribution is 0.661. The van der Waals surface area contributed by atoms with Gasteiger partial charge in [0.05, 0.1) is 5.52 Å². The molecule has 1 aromatic heterocycles. The lowest BCUT2D eigenvalue weighted by atomic mass is 9.82. The third-order valence-electron chi connectivity index (χ3n) is 6.67. The van der Waals surface area contributed by atoms with Crippen LogP contribution in [0.5, 0.6) is 0 Å².